The monoisotopic (exact) mass is 276 g/mol. The maximum Gasteiger partial charge on any atom is 0.255 e. The molecule has 0 aliphatic rings. The molecule has 1 aromatic carbocycles. The summed E-state index contributed by atoms with van der Waals surface area (Å²) < 4.78 is 6.58. The lowest BCUT2D eigenvalue weighted by molar-refractivity contribution is 0.0948. The predicted molar refractivity (Wildman–Crippen MR) is 73.6 cm³/mol. The topological polar surface area (TPSA) is 102 Å². The summed E-state index contributed by atoms with van der Waals surface area (Å²) in [6.07, 6.45) is 3.21. The van der Waals surface area contributed by atoms with Crippen molar-refractivity contribution >= 4 is 11.6 Å². The normalized spacial score (nSPS) is 10.2. The number of nitrogens with two attached hydrogens (primary N) is 1. The van der Waals surface area contributed by atoms with Gasteiger partial charge in [-0.2, -0.15) is 5.10 Å². The fourth-order valence-electron chi connectivity index (χ4n) is 1.75. The molecule has 2 aromatic rings. The van der Waals surface area contributed by atoms with Crippen molar-refractivity contribution in [1.29, 1.82) is 0 Å². The van der Waals surface area contributed by atoms with Crippen molar-refractivity contribution in [3.8, 4) is 11.5 Å². The third kappa shape index (κ3) is 3.00. The minimum absolute atomic E-state index is 0.171. The maximum atomic E-state index is 11.9. The lowest BCUT2D eigenvalue weighted by atomic mass is 10.1. The fraction of sp³-hybridized carbons (Fsp3) is 0.231. The molecule has 0 aliphatic carbocycles. The molecule has 0 saturated heterocycles. The summed E-state index contributed by atoms with van der Waals surface area (Å²) >= 11 is 0. The van der Waals surface area contributed by atoms with Crippen LogP contribution in [0.4, 0.5) is 5.69 Å². The van der Waals surface area contributed by atoms with Gasteiger partial charge < -0.3 is 20.9 Å². The summed E-state index contributed by atoms with van der Waals surface area (Å²) in [5.41, 5.74) is 6.28. The van der Waals surface area contributed by atoms with Crippen molar-refractivity contribution in [3.63, 3.8) is 0 Å². The standard InChI is InChI=1S/C13H16N4O3/c1-20-11-4-2-3-10(12(11)18)13(19)15-5-6-17-8-9(14)7-16-17/h2-4,7-8,18H,5-6,14H2,1H3,(H,15,19). The van der Waals surface area contributed by atoms with Gasteiger partial charge in [-0.25, -0.2) is 0 Å². The van der Waals surface area contributed by atoms with Crippen LogP contribution in [0.2, 0.25) is 0 Å². The number of para-hydroxylation sites is 1. The Morgan fingerprint density at radius 3 is 3.00 bits per heavy atom. The van der Waals surface area contributed by atoms with Crippen LogP contribution in [0.15, 0.2) is 30.6 Å². The molecule has 0 aliphatic heterocycles. The van der Waals surface area contributed by atoms with E-state index in [4.69, 9.17) is 10.5 Å². The van der Waals surface area contributed by atoms with Crippen LogP contribution in [0.1, 0.15) is 10.4 Å². The number of phenolic OH excluding ortho intramolecular Hbond substituents is 1. The van der Waals surface area contributed by atoms with E-state index >= 15 is 0 Å². The van der Waals surface area contributed by atoms with E-state index < -0.39 is 0 Å². The van der Waals surface area contributed by atoms with Crippen molar-refractivity contribution in [2.75, 3.05) is 19.4 Å². The number of nitrogens with zero attached hydrogens (tertiary/aromatic N) is 2. The Bertz CT molecular complexity index is 609. The van der Waals surface area contributed by atoms with Crippen LogP contribution in [0.5, 0.6) is 11.5 Å². The number of phenols is 1. The van der Waals surface area contributed by atoms with Gasteiger partial charge in [-0.3, -0.25) is 9.48 Å². The lowest BCUT2D eigenvalue weighted by Crippen LogP contribution is -2.27. The second kappa shape index (κ2) is 5.96. The summed E-state index contributed by atoms with van der Waals surface area (Å²) in [6, 6.07) is 4.75. The molecule has 4 N–H and O–H groups in total. The van der Waals surface area contributed by atoms with Crippen LogP contribution < -0.4 is 15.8 Å². The van der Waals surface area contributed by atoms with Crippen molar-refractivity contribution in [2.24, 2.45) is 0 Å². The minimum atomic E-state index is -0.374. The Hall–Kier alpha value is -2.70. The highest BCUT2D eigenvalue weighted by atomic mass is 16.5. The van der Waals surface area contributed by atoms with Crippen molar-refractivity contribution in [1.82, 2.24) is 15.1 Å². The number of carbonyl (C=O) groups excluding carboxylic acids is 1. The highest BCUT2D eigenvalue weighted by Crippen LogP contribution is 2.28. The van der Waals surface area contributed by atoms with Gasteiger partial charge in [-0.05, 0) is 12.1 Å². The molecule has 0 fully saturated rings. The molecule has 1 heterocycles. The number of amides is 1. The fourth-order valence-corrected chi connectivity index (χ4v) is 1.75. The molecule has 0 saturated carbocycles. The Labute approximate surface area is 116 Å². The molecular weight excluding hydrogens is 260 g/mol. The van der Waals surface area contributed by atoms with Gasteiger partial charge in [0.05, 0.1) is 31.1 Å². The van der Waals surface area contributed by atoms with Gasteiger partial charge in [0.15, 0.2) is 11.5 Å². The van der Waals surface area contributed by atoms with E-state index in [9.17, 15) is 9.90 Å². The third-order valence-corrected chi connectivity index (χ3v) is 2.74. The first kappa shape index (κ1) is 13.7. The van der Waals surface area contributed by atoms with Crippen LogP contribution in [-0.4, -0.2) is 34.4 Å². The average molecular weight is 276 g/mol. The van der Waals surface area contributed by atoms with Gasteiger partial charge in [0.25, 0.3) is 5.91 Å². The molecule has 7 heteroatoms. The maximum absolute atomic E-state index is 11.9. The number of anilines is 1. The van der Waals surface area contributed by atoms with Crippen LogP contribution in [0, 0.1) is 0 Å². The second-order valence-electron chi connectivity index (χ2n) is 4.15. The number of nitrogen functional groups attached to an aromatic ring is 1. The van der Waals surface area contributed by atoms with E-state index in [2.05, 4.69) is 10.4 Å². The Balaban J connectivity index is 1.95. The number of aromatic hydroxyl groups is 1. The summed E-state index contributed by atoms with van der Waals surface area (Å²) in [4.78, 5) is 11.9. The summed E-state index contributed by atoms with van der Waals surface area (Å²) in [7, 11) is 1.43. The lowest BCUT2D eigenvalue weighted by Gasteiger charge is -2.09. The summed E-state index contributed by atoms with van der Waals surface area (Å²) in [5.74, 6) is -0.283. The predicted octanol–water partition coefficient (Wildman–Crippen LogP) is 0.609. The van der Waals surface area contributed by atoms with Gasteiger partial charge in [0.1, 0.15) is 0 Å². The molecule has 2 rings (SSSR count). The molecule has 0 unspecified atom stereocenters. The number of rotatable bonds is 5. The van der Waals surface area contributed by atoms with Crippen LogP contribution in [0.3, 0.4) is 0 Å². The van der Waals surface area contributed by atoms with Crippen LogP contribution >= 0.6 is 0 Å². The number of aromatic nitrogens is 2. The molecule has 7 nitrogen and oxygen atoms in total. The zero-order chi connectivity index (χ0) is 14.5. The number of methoxy groups -OCH3 is 1. The summed E-state index contributed by atoms with van der Waals surface area (Å²) in [6.45, 7) is 0.865. The van der Waals surface area contributed by atoms with E-state index in [1.165, 1.54) is 19.4 Å². The van der Waals surface area contributed by atoms with Crippen molar-refractivity contribution in [2.45, 2.75) is 6.54 Å². The van der Waals surface area contributed by atoms with Gasteiger partial charge in [0.2, 0.25) is 0 Å². The van der Waals surface area contributed by atoms with Gasteiger partial charge >= 0.3 is 0 Å². The van der Waals surface area contributed by atoms with Gasteiger partial charge in [-0.1, -0.05) is 6.07 Å². The van der Waals surface area contributed by atoms with E-state index in [1.54, 1.807) is 23.0 Å². The van der Waals surface area contributed by atoms with E-state index in [1.807, 2.05) is 0 Å². The first-order valence-corrected chi connectivity index (χ1v) is 6.04. The number of nitrogens with one attached hydrogen (secondary N) is 1. The number of hydrogen-bond donors (Lipinski definition) is 3. The quantitative estimate of drug-likeness (QED) is 0.742. The first-order chi connectivity index (χ1) is 9.61. The largest absolute Gasteiger partial charge is 0.504 e. The number of hydrogen-bond acceptors (Lipinski definition) is 5. The van der Waals surface area contributed by atoms with E-state index in [0.29, 0.717) is 18.8 Å². The average Bonchev–Trinajstić information content (AvgIpc) is 2.84. The number of carbonyl (C=O) groups is 1. The Morgan fingerprint density at radius 2 is 2.35 bits per heavy atom. The van der Waals surface area contributed by atoms with Gasteiger partial charge in [-0.15, -0.1) is 0 Å². The molecule has 20 heavy (non-hydrogen) atoms. The molecule has 106 valence electrons. The Morgan fingerprint density at radius 1 is 1.55 bits per heavy atom. The molecular formula is C13H16N4O3. The van der Waals surface area contributed by atoms with Gasteiger partial charge in [0, 0.05) is 12.7 Å². The number of benzene rings is 1. The third-order valence-electron chi connectivity index (χ3n) is 2.74. The zero-order valence-electron chi connectivity index (χ0n) is 11.0. The van der Waals surface area contributed by atoms with Crippen molar-refractivity contribution in [3.05, 3.63) is 36.2 Å². The molecule has 0 radical (unpaired) electrons. The van der Waals surface area contributed by atoms with Crippen LogP contribution in [-0.2, 0) is 6.54 Å². The first-order valence-electron chi connectivity index (χ1n) is 6.04. The Kier molecular flexibility index (Phi) is 4.09. The molecule has 1 amide bonds. The van der Waals surface area contributed by atoms with Crippen LogP contribution in [0.25, 0.3) is 0 Å². The van der Waals surface area contributed by atoms with E-state index in [0.717, 1.165) is 0 Å². The number of ether oxygens (including phenoxy) is 1. The SMILES string of the molecule is COc1cccc(C(=O)NCCn2cc(N)cn2)c1O. The minimum Gasteiger partial charge on any atom is -0.504 e. The second-order valence-corrected chi connectivity index (χ2v) is 4.15. The zero-order valence-corrected chi connectivity index (χ0v) is 11.0. The molecule has 1 aromatic heterocycles. The van der Waals surface area contributed by atoms with Crippen molar-refractivity contribution < 1.29 is 14.6 Å². The molecule has 0 bridgehead atoms. The smallest absolute Gasteiger partial charge is 0.255 e. The molecule has 0 atom stereocenters. The highest BCUT2D eigenvalue weighted by Gasteiger charge is 2.14. The highest BCUT2D eigenvalue weighted by molar-refractivity contribution is 5.97. The molecule has 0 spiro atoms. The van der Waals surface area contributed by atoms with E-state index in [-0.39, 0.29) is 23.0 Å². The summed E-state index contributed by atoms with van der Waals surface area (Å²) in [5, 5.41) is 16.6.